The lowest BCUT2D eigenvalue weighted by atomic mass is 10.1. The number of ether oxygens (including phenoxy) is 2. The number of nitrogens with zero attached hydrogens (tertiary/aromatic N) is 4. The molecule has 2 saturated heterocycles. The lowest BCUT2D eigenvalue weighted by molar-refractivity contribution is -0.149. The van der Waals surface area contributed by atoms with E-state index in [1.54, 1.807) is 11.8 Å². The fourth-order valence-electron chi connectivity index (χ4n) is 4.08. The SMILES string of the molecule is CSCCC(=O)OC1CN(c2nc3c(c(N(C)C4CCOCC4)n2)[S+](C)CC3)C1. The molecule has 1 atom stereocenters. The number of carbonyl (C=O) groups is 1. The van der Waals surface area contributed by atoms with Crippen LogP contribution in [0.2, 0.25) is 0 Å². The number of carbonyl (C=O) groups excluding carboxylic acids is 1. The van der Waals surface area contributed by atoms with Crippen molar-refractivity contribution >= 4 is 40.4 Å². The van der Waals surface area contributed by atoms with Gasteiger partial charge in [-0.25, -0.2) is 4.98 Å². The van der Waals surface area contributed by atoms with Crippen molar-refractivity contribution in [1.82, 2.24) is 9.97 Å². The van der Waals surface area contributed by atoms with Crippen LogP contribution in [0.3, 0.4) is 0 Å². The molecule has 160 valence electrons. The summed E-state index contributed by atoms with van der Waals surface area (Å²) >= 11 is 1.66. The van der Waals surface area contributed by atoms with Crippen LogP contribution in [0, 0.1) is 0 Å². The fraction of sp³-hybridized carbons (Fsp3) is 0.750. The minimum atomic E-state index is -0.103. The Bertz CT molecular complexity index is 739. The summed E-state index contributed by atoms with van der Waals surface area (Å²) in [6, 6.07) is 0.467. The molecule has 0 saturated carbocycles. The summed E-state index contributed by atoms with van der Waals surface area (Å²) in [5, 5.41) is 0. The normalized spacial score (nSPS) is 22.3. The molecular formula is C20H31N4O3S2+. The average Bonchev–Trinajstić information content (AvgIpc) is 3.09. The lowest BCUT2D eigenvalue weighted by Crippen LogP contribution is -2.54. The third-order valence-corrected chi connectivity index (χ3v) is 8.46. The zero-order valence-corrected chi connectivity index (χ0v) is 19.2. The highest BCUT2D eigenvalue weighted by atomic mass is 32.2. The van der Waals surface area contributed by atoms with E-state index in [1.165, 1.54) is 10.6 Å². The van der Waals surface area contributed by atoms with Gasteiger partial charge in [0.05, 0.1) is 19.5 Å². The largest absolute Gasteiger partial charge is 0.459 e. The second kappa shape index (κ2) is 9.31. The van der Waals surface area contributed by atoms with Crippen LogP contribution in [0.25, 0.3) is 0 Å². The van der Waals surface area contributed by atoms with Gasteiger partial charge in [0.1, 0.15) is 23.8 Å². The molecule has 0 amide bonds. The van der Waals surface area contributed by atoms with Crippen LogP contribution in [-0.4, -0.2) is 85.5 Å². The van der Waals surface area contributed by atoms with Crippen LogP contribution < -0.4 is 9.80 Å². The van der Waals surface area contributed by atoms with Crippen LogP contribution in [0.5, 0.6) is 0 Å². The molecule has 1 unspecified atom stereocenters. The summed E-state index contributed by atoms with van der Waals surface area (Å²) in [6.07, 6.45) is 7.86. The van der Waals surface area contributed by atoms with E-state index in [0.29, 0.717) is 25.6 Å². The van der Waals surface area contributed by atoms with Crippen molar-refractivity contribution in [3.8, 4) is 0 Å². The molecule has 3 aliphatic rings. The molecule has 0 bridgehead atoms. The van der Waals surface area contributed by atoms with E-state index in [0.717, 1.165) is 55.7 Å². The van der Waals surface area contributed by atoms with E-state index in [-0.39, 0.29) is 23.0 Å². The first-order valence-corrected chi connectivity index (χ1v) is 13.5. The highest BCUT2D eigenvalue weighted by molar-refractivity contribution is 7.98. The Morgan fingerprint density at radius 2 is 2.10 bits per heavy atom. The highest BCUT2D eigenvalue weighted by Crippen LogP contribution is 2.36. The summed E-state index contributed by atoms with van der Waals surface area (Å²) in [6.45, 7) is 3.01. The summed E-state index contributed by atoms with van der Waals surface area (Å²) in [7, 11) is 2.38. The van der Waals surface area contributed by atoms with Gasteiger partial charge in [0.2, 0.25) is 10.8 Å². The van der Waals surface area contributed by atoms with Crippen LogP contribution in [0.1, 0.15) is 25.0 Å². The molecule has 3 aliphatic heterocycles. The molecular weight excluding hydrogens is 408 g/mol. The van der Waals surface area contributed by atoms with E-state index >= 15 is 0 Å². The second-order valence-electron chi connectivity index (χ2n) is 7.93. The number of aryl methyl sites for hydroxylation is 1. The van der Waals surface area contributed by atoms with Crippen LogP contribution in [-0.2, 0) is 31.6 Å². The van der Waals surface area contributed by atoms with Gasteiger partial charge in [-0.2, -0.15) is 16.7 Å². The molecule has 29 heavy (non-hydrogen) atoms. The molecule has 7 nitrogen and oxygen atoms in total. The van der Waals surface area contributed by atoms with Gasteiger partial charge >= 0.3 is 5.97 Å². The lowest BCUT2D eigenvalue weighted by Gasteiger charge is -2.39. The summed E-state index contributed by atoms with van der Waals surface area (Å²) < 4.78 is 11.1. The maximum Gasteiger partial charge on any atom is 0.307 e. The van der Waals surface area contributed by atoms with Gasteiger partial charge in [-0.3, -0.25) is 4.79 Å². The van der Waals surface area contributed by atoms with Crippen LogP contribution in [0.4, 0.5) is 11.8 Å². The first-order valence-electron chi connectivity index (χ1n) is 10.3. The molecule has 2 fully saturated rings. The van der Waals surface area contributed by atoms with Gasteiger partial charge in [-0.1, -0.05) is 0 Å². The van der Waals surface area contributed by atoms with Gasteiger partial charge in [-0.05, 0) is 19.1 Å². The van der Waals surface area contributed by atoms with Crippen molar-refractivity contribution in [3.05, 3.63) is 5.69 Å². The van der Waals surface area contributed by atoms with Crippen molar-refractivity contribution in [1.29, 1.82) is 0 Å². The Morgan fingerprint density at radius 1 is 1.34 bits per heavy atom. The van der Waals surface area contributed by atoms with Crippen molar-refractivity contribution < 1.29 is 14.3 Å². The van der Waals surface area contributed by atoms with E-state index in [4.69, 9.17) is 19.4 Å². The molecule has 0 N–H and O–H groups in total. The number of fused-ring (bicyclic) bond motifs is 1. The van der Waals surface area contributed by atoms with Crippen molar-refractivity contribution in [2.45, 2.75) is 42.7 Å². The topological polar surface area (TPSA) is 67.8 Å². The van der Waals surface area contributed by atoms with E-state index < -0.39 is 0 Å². The number of esters is 1. The number of thioether (sulfide) groups is 1. The maximum atomic E-state index is 11.9. The van der Waals surface area contributed by atoms with E-state index in [9.17, 15) is 4.79 Å². The molecule has 1 aromatic rings. The first kappa shape index (κ1) is 21.1. The Labute approximate surface area is 180 Å². The Morgan fingerprint density at radius 3 is 2.83 bits per heavy atom. The molecule has 0 aliphatic carbocycles. The van der Waals surface area contributed by atoms with Gasteiger partial charge in [0.15, 0.2) is 5.82 Å². The maximum absolute atomic E-state index is 11.9. The molecule has 0 radical (unpaired) electrons. The quantitative estimate of drug-likeness (QED) is 0.470. The Balaban J connectivity index is 1.47. The van der Waals surface area contributed by atoms with E-state index in [1.807, 2.05) is 6.26 Å². The van der Waals surface area contributed by atoms with Crippen molar-refractivity contribution in [2.75, 3.05) is 67.2 Å². The molecule has 9 heteroatoms. The molecule has 0 aromatic carbocycles. The summed E-state index contributed by atoms with van der Waals surface area (Å²) in [4.78, 5) is 27.6. The van der Waals surface area contributed by atoms with Crippen LogP contribution >= 0.6 is 11.8 Å². The minimum absolute atomic E-state index is 0.0429. The fourth-order valence-corrected chi connectivity index (χ4v) is 6.21. The van der Waals surface area contributed by atoms with Gasteiger partial charge < -0.3 is 19.3 Å². The first-order chi connectivity index (χ1) is 14.1. The monoisotopic (exact) mass is 439 g/mol. The number of anilines is 2. The smallest absolute Gasteiger partial charge is 0.307 e. The number of rotatable bonds is 7. The summed E-state index contributed by atoms with van der Waals surface area (Å²) in [5.41, 5.74) is 1.20. The summed E-state index contributed by atoms with van der Waals surface area (Å²) in [5.74, 6) is 3.75. The Kier molecular flexibility index (Phi) is 6.76. The van der Waals surface area contributed by atoms with Crippen molar-refractivity contribution in [2.24, 2.45) is 0 Å². The molecule has 1 aromatic heterocycles. The van der Waals surface area contributed by atoms with Crippen LogP contribution in [0.15, 0.2) is 4.90 Å². The van der Waals surface area contributed by atoms with E-state index in [2.05, 4.69) is 23.1 Å². The molecule has 0 spiro atoms. The van der Waals surface area contributed by atoms with Gasteiger partial charge in [0, 0.05) is 49.4 Å². The third kappa shape index (κ3) is 4.61. The Hall–Kier alpha value is -1.19. The molecule has 4 rings (SSSR count). The van der Waals surface area contributed by atoms with Crippen molar-refractivity contribution in [3.63, 3.8) is 0 Å². The van der Waals surface area contributed by atoms with Gasteiger partial charge in [0.25, 0.3) is 0 Å². The standard InChI is InChI=1S/C20H31N4O3S2/c1-23(14-4-8-26-9-5-14)19-18-16(7-11-29(18)3)21-20(22-19)24-12-15(13-24)27-17(25)6-10-28-2/h14-15H,4-13H2,1-3H3/q+1. The zero-order valence-electron chi connectivity index (χ0n) is 17.6. The average molecular weight is 440 g/mol. The second-order valence-corrected chi connectivity index (χ2v) is 11.0. The highest BCUT2D eigenvalue weighted by Gasteiger charge is 2.39. The predicted molar refractivity (Wildman–Crippen MR) is 119 cm³/mol. The molecule has 4 heterocycles. The number of hydrogen-bond acceptors (Lipinski definition) is 8. The van der Waals surface area contributed by atoms with Gasteiger partial charge in [-0.15, -0.1) is 0 Å². The predicted octanol–water partition coefficient (Wildman–Crippen LogP) is 1.74. The number of hydrogen-bond donors (Lipinski definition) is 0. The third-order valence-electron chi connectivity index (χ3n) is 5.91. The number of aromatic nitrogens is 2. The zero-order chi connectivity index (χ0) is 20.4. The minimum Gasteiger partial charge on any atom is -0.459 e.